The number of likely N-dealkylation sites (tertiary alicyclic amines) is 1. The van der Waals surface area contributed by atoms with Gasteiger partial charge in [0.05, 0.1) is 17.0 Å². The average Bonchev–Trinajstić information content (AvgIpc) is 3.14. The van der Waals surface area contributed by atoms with Gasteiger partial charge in [0.25, 0.3) is 5.91 Å². The van der Waals surface area contributed by atoms with Gasteiger partial charge in [0.15, 0.2) is 0 Å². The van der Waals surface area contributed by atoms with E-state index in [9.17, 15) is 4.79 Å². The van der Waals surface area contributed by atoms with Gasteiger partial charge in [-0.05, 0) is 37.9 Å². The largest absolute Gasteiger partial charge is 0.352 e. The molecule has 0 saturated carbocycles. The molecule has 0 radical (unpaired) electrons. The summed E-state index contributed by atoms with van der Waals surface area (Å²) in [7, 11) is 0. The van der Waals surface area contributed by atoms with Gasteiger partial charge in [-0.1, -0.05) is 18.8 Å². The maximum absolute atomic E-state index is 12.1. The SMILES string of the molecule is CC(CNC(=O)c1csc(C#CCN)c1)CN1CCCC1. The first-order chi connectivity index (χ1) is 10.2. The van der Waals surface area contributed by atoms with Gasteiger partial charge in [-0.3, -0.25) is 4.79 Å². The maximum atomic E-state index is 12.1. The topological polar surface area (TPSA) is 58.4 Å². The van der Waals surface area contributed by atoms with E-state index >= 15 is 0 Å². The number of nitrogens with one attached hydrogen (secondary N) is 1. The van der Waals surface area contributed by atoms with Crippen LogP contribution in [0.3, 0.4) is 0 Å². The number of thiophene rings is 1. The third-order valence-electron chi connectivity index (χ3n) is 3.55. The molecule has 0 spiro atoms. The molecule has 21 heavy (non-hydrogen) atoms. The van der Waals surface area contributed by atoms with Crippen LogP contribution >= 0.6 is 11.3 Å². The molecule has 1 saturated heterocycles. The molecule has 1 aliphatic heterocycles. The molecular weight excluding hydrogens is 282 g/mol. The Morgan fingerprint density at radius 2 is 2.29 bits per heavy atom. The first kappa shape index (κ1) is 16.0. The molecule has 1 unspecified atom stereocenters. The van der Waals surface area contributed by atoms with Gasteiger partial charge in [0, 0.05) is 18.5 Å². The van der Waals surface area contributed by atoms with Crippen molar-refractivity contribution < 1.29 is 4.79 Å². The molecule has 4 nitrogen and oxygen atoms in total. The van der Waals surface area contributed by atoms with Crippen LogP contribution in [0.15, 0.2) is 11.4 Å². The van der Waals surface area contributed by atoms with Crippen molar-refractivity contribution in [1.29, 1.82) is 0 Å². The van der Waals surface area contributed by atoms with Gasteiger partial charge in [0.1, 0.15) is 0 Å². The van der Waals surface area contributed by atoms with Crippen molar-refractivity contribution in [3.8, 4) is 11.8 Å². The molecule has 1 atom stereocenters. The summed E-state index contributed by atoms with van der Waals surface area (Å²) >= 11 is 1.48. The Kier molecular flexibility index (Phi) is 6.24. The van der Waals surface area contributed by atoms with Gasteiger partial charge in [-0.25, -0.2) is 0 Å². The van der Waals surface area contributed by atoms with Crippen LogP contribution in [0, 0.1) is 17.8 Å². The van der Waals surface area contributed by atoms with Gasteiger partial charge < -0.3 is 16.0 Å². The molecule has 2 heterocycles. The predicted octanol–water partition coefficient (Wildman–Crippen LogP) is 1.52. The summed E-state index contributed by atoms with van der Waals surface area (Å²) in [4.78, 5) is 15.4. The number of rotatable bonds is 5. The number of nitrogens with zero attached hydrogens (tertiary/aromatic N) is 1. The van der Waals surface area contributed by atoms with E-state index in [0.717, 1.165) is 18.0 Å². The van der Waals surface area contributed by atoms with E-state index in [1.807, 2.05) is 11.4 Å². The van der Waals surface area contributed by atoms with Crippen LogP contribution < -0.4 is 11.1 Å². The molecule has 1 fully saturated rings. The molecule has 0 bridgehead atoms. The Morgan fingerprint density at radius 1 is 1.52 bits per heavy atom. The van der Waals surface area contributed by atoms with Crippen LogP contribution in [-0.2, 0) is 0 Å². The fraction of sp³-hybridized carbons (Fsp3) is 0.562. The number of carbonyl (C=O) groups excluding carboxylic acids is 1. The van der Waals surface area contributed by atoms with Crippen molar-refractivity contribution in [3.05, 3.63) is 21.9 Å². The molecule has 0 aromatic carbocycles. The lowest BCUT2D eigenvalue weighted by molar-refractivity contribution is 0.0945. The molecular formula is C16H23N3OS. The van der Waals surface area contributed by atoms with Crippen molar-refractivity contribution in [2.45, 2.75) is 19.8 Å². The number of hydrogen-bond donors (Lipinski definition) is 2. The van der Waals surface area contributed by atoms with Crippen LogP contribution in [-0.4, -0.2) is 43.5 Å². The van der Waals surface area contributed by atoms with Crippen molar-refractivity contribution >= 4 is 17.2 Å². The summed E-state index contributed by atoms with van der Waals surface area (Å²) < 4.78 is 0. The van der Waals surface area contributed by atoms with E-state index in [2.05, 4.69) is 29.0 Å². The summed E-state index contributed by atoms with van der Waals surface area (Å²) in [6.07, 6.45) is 2.61. The zero-order valence-electron chi connectivity index (χ0n) is 12.5. The molecule has 1 amide bonds. The van der Waals surface area contributed by atoms with Crippen molar-refractivity contribution in [1.82, 2.24) is 10.2 Å². The number of carbonyl (C=O) groups is 1. The van der Waals surface area contributed by atoms with E-state index in [0.29, 0.717) is 18.0 Å². The van der Waals surface area contributed by atoms with Gasteiger partial charge in [-0.15, -0.1) is 11.3 Å². The third kappa shape index (κ3) is 5.16. The fourth-order valence-electron chi connectivity index (χ4n) is 2.50. The second-order valence-electron chi connectivity index (χ2n) is 5.53. The minimum atomic E-state index is -0.0136. The summed E-state index contributed by atoms with van der Waals surface area (Å²) in [5, 5.41) is 4.86. The zero-order valence-corrected chi connectivity index (χ0v) is 13.3. The predicted molar refractivity (Wildman–Crippen MR) is 87.4 cm³/mol. The average molecular weight is 305 g/mol. The highest BCUT2D eigenvalue weighted by molar-refractivity contribution is 7.10. The summed E-state index contributed by atoms with van der Waals surface area (Å²) in [5.74, 6) is 6.21. The lowest BCUT2D eigenvalue weighted by atomic mass is 10.1. The molecule has 1 aliphatic rings. The molecule has 1 aromatic rings. The molecule has 2 rings (SSSR count). The lowest BCUT2D eigenvalue weighted by Gasteiger charge is -2.20. The van der Waals surface area contributed by atoms with Gasteiger partial charge in [-0.2, -0.15) is 0 Å². The van der Waals surface area contributed by atoms with E-state index in [-0.39, 0.29) is 5.91 Å². The Hall–Kier alpha value is -1.35. The normalized spacial score (nSPS) is 16.3. The quantitative estimate of drug-likeness (QED) is 0.811. The van der Waals surface area contributed by atoms with Crippen LogP contribution in [0.25, 0.3) is 0 Å². The molecule has 0 aliphatic carbocycles. The van der Waals surface area contributed by atoms with Crippen molar-refractivity contribution in [3.63, 3.8) is 0 Å². The standard InChI is InChI=1S/C16H23N3OS/c1-13(11-19-7-2-3-8-19)10-18-16(20)14-9-15(21-12-14)5-4-6-17/h9,12-13H,2-3,6-8,10-11,17H2,1H3,(H,18,20). The second kappa shape index (κ2) is 8.18. The lowest BCUT2D eigenvalue weighted by Crippen LogP contribution is -2.34. The van der Waals surface area contributed by atoms with Crippen LogP contribution in [0.4, 0.5) is 0 Å². The fourth-order valence-corrected chi connectivity index (χ4v) is 3.25. The maximum Gasteiger partial charge on any atom is 0.252 e. The van der Waals surface area contributed by atoms with Gasteiger partial charge in [0.2, 0.25) is 0 Å². The van der Waals surface area contributed by atoms with E-state index < -0.39 is 0 Å². The van der Waals surface area contributed by atoms with Crippen LogP contribution in [0.1, 0.15) is 35.0 Å². The number of amides is 1. The molecule has 5 heteroatoms. The smallest absolute Gasteiger partial charge is 0.252 e. The second-order valence-corrected chi connectivity index (χ2v) is 6.44. The highest BCUT2D eigenvalue weighted by atomic mass is 32.1. The number of nitrogens with two attached hydrogens (primary N) is 1. The van der Waals surface area contributed by atoms with Crippen molar-refractivity contribution in [2.75, 3.05) is 32.7 Å². The van der Waals surface area contributed by atoms with E-state index in [1.54, 1.807) is 0 Å². The first-order valence-electron chi connectivity index (χ1n) is 7.47. The van der Waals surface area contributed by atoms with E-state index in [4.69, 9.17) is 5.73 Å². The highest BCUT2D eigenvalue weighted by Gasteiger charge is 2.15. The highest BCUT2D eigenvalue weighted by Crippen LogP contribution is 2.14. The number of hydrogen-bond acceptors (Lipinski definition) is 4. The zero-order chi connectivity index (χ0) is 15.1. The molecule has 3 N–H and O–H groups in total. The first-order valence-corrected chi connectivity index (χ1v) is 8.35. The summed E-state index contributed by atoms with van der Waals surface area (Å²) in [6.45, 7) is 6.71. The Balaban J connectivity index is 1.76. The Morgan fingerprint density at radius 3 is 3.00 bits per heavy atom. The molecule has 1 aromatic heterocycles. The Labute approximate surface area is 130 Å². The Bertz CT molecular complexity index is 523. The van der Waals surface area contributed by atoms with Crippen LogP contribution in [0.5, 0.6) is 0 Å². The summed E-state index contributed by atoms with van der Waals surface area (Å²) in [6, 6.07) is 1.83. The minimum Gasteiger partial charge on any atom is -0.352 e. The van der Waals surface area contributed by atoms with Gasteiger partial charge >= 0.3 is 0 Å². The van der Waals surface area contributed by atoms with E-state index in [1.165, 1.54) is 37.3 Å². The van der Waals surface area contributed by atoms with Crippen molar-refractivity contribution in [2.24, 2.45) is 11.7 Å². The van der Waals surface area contributed by atoms with Crippen LogP contribution in [0.2, 0.25) is 0 Å². The monoisotopic (exact) mass is 305 g/mol. The summed E-state index contributed by atoms with van der Waals surface area (Å²) in [5.41, 5.74) is 6.03. The minimum absolute atomic E-state index is 0.0136. The third-order valence-corrected chi connectivity index (χ3v) is 4.40. The molecule has 114 valence electrons.